The van der Waals surface area contributed by atoms with Crippen molar-refractivity contribution in [3.05, 3.63) is 40.4 Å². The van der Waals surface area contributed by atoms with Crippen LogP contribution in [0.3, 0.4) is 0 Å². The Morgan fingerprint density at radius 1 is 1.15 bits per heavy atom. The molecule has 0 fully saturated rings. The van der Waals surface area contributed by atoms with Crippen LogP contribution in [0.15, 0.2) is 39.2 Å². The molecule has 1 aromatic carbocycles. The van der Waals surface area contributed by atoms with Crippen molar-refractivity contribution in [2.45, 2.75) is 39.5 Å². The maximum atomic E-state index is 12.7. The molecule has 1 aromatic rings. The Labute approximate surface area is 163 Å². The minimum Gasteiger partial charge on any atom is -0.461 e. The number of halogens is 1. The highest BCUT2D eigenvalue weighted by Gasteiger charge is 2.31. The molecular formula is C18H23BrN2O4S. The number of carbonyl (C=O) groups is 1. The molecule has 1 aliphatic heterocycles. The maximum absolute atomic E-state index is 12.7. The van der Waals surface area contributed by atoms with Gasteiger partial charge >= 0.3 is 16.2 Å². The van der Waals surface area contributed by atoms with Gasteiger partial charge in [0.15, 0.2) is 5.71 Å². The summed E-state index contributed by atoms with van der Waals surface area (Å²) in [4.78, 5) is 12.0. The fraction of sp³-hybridized carbons (Fsp3) is 0.444. The number of benzene rings is 1. The zero-order chi connectivity index (χ0) is 19.2. The van der Waals surface area contributed by atoms with Crippen LogP contribution in [0.4, 0.5) is 0 Å². The molecule has 0 bridgehead atoms. The first-order valence-electron chi connectivity index (χ1n) is 8.66. The summed E-state index contributed by atoms with van der Waals surface area (Å²) in [6.45, 7) is 4.24. The molecule has 0 saturated carbocycles. The summed E-state index contributed by atoms with van der Waals surface area (Å²) < 4.78 is 36.1. The van der Waals surface area contributed by atoms with Crippen molar-refractivity contribution in [3.63, 3.8) is 0 Å². The molecule has 2 rings (SSSR count). The minimum atomic E-state index is -3.99. The molecule has 0 saturated heterocycles. The number of esters is 1. The molecular weight excluding hydrogens is 420 g/mol. The van der Waals surface area contributed by atoms with E-state index in [1.54, 1.807) is 19.1 Å². The van der Waals surface area contributed by atoms with Crippen molar-refractivity contribution in [3.8, 4) is 0 Å². The van der Waals surface area contributed by atoms with Gasteiger partial charge in [-0.15, -0.1) is 4.40 Å². The second-order valence-corrected chi connectivity index (χ2v) is 8.28. The lowest BCUT2D eigenvalue weighted by Crippen LogP contribution is -2.35. The molecule has 8 heteroatoms. The third-order valence-electron chi connectivity index (χ3n) is 3.87. The van der Waals surface area contributed by atoms with Gasteiger partial charge in [-0.05, 0) is 37.1 Å². The molecule has 0 spiro atoms. The number of nitrogens with zero attached hydrogens (tertiary/aromatic N) is 2. The Morgan fingerprint density at radius 3 is 2.46 bits per heavy atom. The molecule has 142 valence electrons. The molecule has 0 N–H and O–H groups in total. The molecule has 0 radical (unpaired) electrons. The predicted molar refractivity (Wildman–Crippen MR) is 106 cm³/mol. The lowest BCUT2D eigenvalue weighted by molar-refractivity contribution is -0.134. The topological polar surface area (TPSA) is 76.0 Å². The lowest BCUT2D eigenvalue weighted by Gasteiger charge is -2.28. The minimum absolute atomic E-state index is 0.153. The summed E-state index contributed by atoms with van der Waals surface area (Å²) in [7, 11) is -3.99. The summed E-state index contributed by atoms with van der Waals surface area (Å²) in [6.07, 6.45) is 5.26. The van der Waals surface area contributed by atoms with Crippen molar-refractivity contribution in [1.82, 2.24) is 4.31 Å². The second-order valence-electron chi connectivity index (χ2n) is 5.84. The number of unbranched alkanes of at least 4 members (excludes halogenated alkanes) is 3. The van der Waals surface area contributed by atoms with Crippen molar-refractivity contribution in [1.29, 1.82) is 0 Å². The molecule has 0 amide bonds. The van der Waals surface area contributed by atoms with Gasteiger partial charge in [0.25, 0.3) is 0 Å². The van der Waals surface area contributed by atoms with E-state index in [2.05, 4.69) is 27.3 Å². The standard InChI is InChI=1S/C18H23BrN2O4S/c1-3-5-6-7-12-21-17(14-8-10-15(19)11-9-14)13-16(18(22)25-4-2)20-26(21,23)24/h8-11,13H,3-7,12H2,1-2H3. The molecule has 26 heavy (non-hydrogen) atoms. The summed E-state index contributed by atoms with van der Waals surface area (Å²) in [5.74, 6) is -0.740. The Hall–Kier alpha value is -1.67. The largest absolute Gasteiger partial charge is 0.461 e. The van der Waals surface area contributed by atoms with Crippen LogP contribution < -0.4 is 0 Å². The molecule has 1 aliphatic rings. The van der Waals surface area contributed by atoms with Gasteiger partial charge in [-0.25, -0.2) is 4.79 Å². The van der Waals surface area contributed by atoms with Crippen LogP contribution in [0.25, 0.3) is 5.70 Å². The van der Waals surface area contributed by atoms with E-state index in [0.29, 0.717) is 17.8 Å². The van der Waals surface area contributed by atoms with Crippen LogP contribution in [-0.2, 0) is 19.7 Å². The molecule has 0 aromatic heterocycles. The SMILES string of the molecule is CCCCCCN1C(c2ccc(Br)cc2)=CC(C(=O)OCC)=NS1(=O)=O. The maximum Gasteiger partial charge on any atom is 0.357 e. The van der Waals surface area contributed by atoms with Crippen LogP contribution in [0.2, 0.25) is 0 Å². The summed E-state index contributed by atoms with van der Waals surface area (Å²) in [6, 6.07) is 7.26. The van der Waals surface area contributed by atoms with E-state index in [4.69, 9.17) is 4.74 Å². The van der Waals surface area contributed by atoms with Crippen LogP contribution in [0.1, 0.15) is 45.1 Å². The highest BCUT2D eigenvalue weighted by atomic mass is 79.9. The van der Waals surface area contributed by atoms with E-state index in [-0.39, 0.29) is 12.3 Å². The Morgan fingerprint density at radius 2 is 1.85 bits per heavy atom. The van der Waals surface area contributed by atoms with E-state index in [9.17, 15) is 13.2 Å². The van der Waals surface area contributed by atoms with Crippen LogP contribution in [-0.4, -0.2) is 37.6 Å². The van der Waals surface area contributed by atoms with E-state index >= 15 is 0 Å². The van der Waals surface area contributed by atoms with E-state index in [0.717, 1.165) is 30.2 Å². The van der Waals surface area contributed by atoms with Gasteiger partial charge in [0.1, 0.15) is 0 Å². The van der Waals surface area contributed by atoms with Crippen LogP contribution >= 0.6 is 15.9 Å². The highest BCUT2D eigenvalue weighted by Crippen LogP contribution is 2.29. The third-order valence-corrected chi connectivity index (χ3v) is 5.77. The first-order chi connectivity index (χ1) is 12.4. The molecule has 0 unspecified atom stereocenters. The van der Waals surface area contributed by atoms with Crippen LogP contribution in [0.5, 0.6) is 0 Å². The van der Waals surface area contributed by atoms with Gasteiger partial charge in [0.2, 0.25) is 0 Å². The van der Waals surface area contributed by atoms with Gasteiger partial charge in [-0.1, -0.05) is 54.2 Å². The second kappa shape index (κ2) is 9.32. The monoisotopic (exact) mass is 442 g/mol. The van der Waals surface area contributed by atoms with E-state index < -0.39 is 16.2 Å². The van der Waals surface area contributed by atoms with Gasteiger partial charge in [-0.2, -0.15) is 8.42 Å². The quantitative estimate of drug-likeness (QED) is 0.451. The fourth-order valence-corrected chi connectivity index (χ4v) is 4.10. The summed E-state index contributed by atoms with van der Waals surface area (Å²) in [5, 5.41) is 0. The van der Waals surface area contributed by atoms with E-state index in [1.165, 1.54) is 10.4 Å². The number of carbonyl (C=O) groups excluding carboxylic acids is 1. The first-order valence-corrected chi connectivity index (χ1v) is 10.9. The predicted octanol–water partition coefficient (Wildman–Crippen LogP) is 3.93. The molecule has 0 aliphatic carbocycles. The zero-order valence-corrected chi connectivity index (χ0v) is 17.3. The zero-order valence-electron chi connectivity index (χ0n) is 14.9. The van der Waals surface area contributed by atoms with Gasteiger partial charge in [-0.3, -0.25) is 4.31 Å². The normalized spacial score (nSPS) is 16.0. The van der Waals surface area contributed by atoms with Crippen molar-refractivity contribution < 1.29 is 17.9 Å². The molecule has 0 atom stereocenters. The molecule has 1 heterocycles. The molecule has 6 nitrogen and oxygen atoms in total. The van der Waals surface area contributed by atoms with Crippen molar-refractivity contribution in [2.75, 3.05) is 13.2 Å². The lowest BCUT2D eigenvalue weighted by atomic mass is 10.1. The summed E-state index contributed by atoms with van der Waals surface area (Å²) >= 11 is 3.37. The first kappa shape index (κ1) is 20.6. The summed E-state index contributed by atoms with van der Waals surface area (Å²) in [5.41, 5.74) is 0.936. The highest BCUT2D eigenvalue weighted by molar-refractivity contribution is 9.10. The average Bonchev–Trinajstić information content (AvgIpc) is 2.60. The number of rotatable bonds is 8. The number of hydrogen-bond acceptors (Lipinski definition) is 4. The average molecular weight is 443 g/mol. The third kappa shape index (κ3) is 5.17. The Bertz CT molecular complexity index is 801. The van der Waals surface area contributed by atoms with Gasteiger partial charge in [0.05, 0.1) is 12.3 Å². The van der Waals surface area contributed by atoms with Crippen molar-refractivity contribution in [2.24, 2.45) is 4.40 Å². The van der Waals surface area contributed by atoms with Gasteiger partial charge in [0, 0.05) is 11.0 Å². The number of hydrogen-bond donors (Lipinski definition) is 0. The van der Waals surface area contributed by atoms with Gasteiger partial charge < -0.3 is 4.74 Å². The Kier molecular flexibility index (Phi) is 7.40. The fourth-order valence-electron chi connectivity index (χ4n) is 2.59. The smallest absolute Gasteiger partial charge is 0.357 e. The van der Waals surface area contributed by atoms with Crippen molar-refractivity contribution >= 4 is 43.5 Å². The number of ether oxygens (including phenoxy) is 1. The van der Waals surface area contributed by atoms with Crippen LogP contribution in [0, 0.1) is 0 Å². The Balaban J connectivity index is 2.40. The van der Waals surface area contributed by atoms with E-state index in [1.807, 2.05) is 12.1 Å².